The minimum absolute atomic E-state index is 0.0177. The molecule has 0 radical (unpaired) electrons. The predicted molar refractivity (Wildman–Crippen MR) is 72.6 cm³/mol. The molecule has 0 unspecified atom stereocenters. The molecule has 0 aliphatic heterocycles. The summed E-state index contributed by atoms with van der Waals surface area (Å²) < 4.78 is 10.6. The molecule has 0 bridgehead atoms. The van der Waals surface area contributed by atoms with E-state index in [1.165, 1.54) is 18.4 Å². The molecule has 0 amide bonds. The third-order valence-electron chi connectivity index (χ3n) is 3.02. The van der Waals surface area contributed by atoms with Crippen LogP contribution in [0.2, 0.25) is 0 Å². The molecule has 0 atom stereocenters. The molecule has 7 heteroatoms. The Kier molecular flexibility index (Phi) is 3.93. The summed E-state index contributed by atoms with van der Waals surface area (Å²) in [5.74, 6) is -0.456. The Balaban J connectivity index is 2.21. The van der Waals surface area contributed by atoms with Gasteiger partial charge in [-0.1, -0.05) is 0 Å². The monoisotopic (exact) mass is 291 g/mol. The molecule has 1 N–H and O–H groups in total. The molecule has 110 valence electrons. The summed E-state index contributed by atoms with van der Waals surface area (Å²) in [5.41, 5.74) is 1.12. The summed E-state index contributed by atoms with van der Waals surface area (Å²) in [6, 6.07) is 4.32. The van der Waals surface area contributed by atoms with Gasteiger partial charge in [0.15, 0.2) is 5.76 Å². The van der Waals surface area contributed by atoms with E-state index in [-0.39, 0.29) is 23.6 Å². The molecule has 2 rings (SSSR count). The molecule has 1 aromatic carbocycles. The van der Waals surface area contributed by atoms with Gasteiger partial charge in [-0.15, -0.1) is 0 Å². The molecule has 0 fully saturated rings. The zero-order valence-electron chi connectivity index (χ0n) is 11.5. The topological polar surface area (TPSA) is 103 Å². The average molecular weight is 291 g/mol. The minimum atomic E-state index is -1.10. The Hall–Kier alpha value is -2.83. The highest BCUT2D eigenvalue weighted by molar-refractivity contribution is 5.88. The Morgan fingerprint density at radius 3 is 2.71 bits per heavy atom. The fourth-order valence-corrected chi connectivity index (χ4v) is 1.91. The van der Waals surface area contributed by atoms with Crippen molar-refractivity contribution in [2.45, 2.75) is 20.5 Å². The Morgan fingerprint density at radius 1 is 1.38 bits per heavy atom. The smallest absolute Gasteiger partial charge is 0.339 e. The molecule has 0 saturated carbocycles. The van der Waals surface area contributed by atoms with Crippen molar-refractivity contribution in [1.29, 1.82) is 0 Å². The lowest BCUT2D eigenvalue weighted by atomic mass is 10.1. The van der Waals surface area contributed by atoms with Crippen LogP contribution in [0, 0.1) is 24.0 Å². The number of nitrogens with zero attached hydrogens (tertiary/aromatic N) is 1. The van der Waals surface area contributed by atoms with Crippen LogP contribution in [0.4, 0.5) is 5.69 Å². The number of hydrogen-bond donors (Lipinski definition) is 1. The van der Waals surface area contributed by atoms with Gasteiger partial charge in [0.05, 0.1) is 11.2 Å². The van der Waals surface area contributed by atoms with E-state index in [4.69, 9.17) is 14.3 Å². The molecule has 0 saturated heterocycles. The molecule has 2 aromatic rings. The lowest BCUT2D eigenvalue weighted by Gasteiger charge is -2.09. The van der Waals surface area contributed by atoms with Crippen molar-refractivity contribution >= 4 is 11.7 Å². The second-order valence-corrected chi connectivity index (χ2v) is 4.51. The standard InChI is InChI=1S/C14H13NO6/c1-8-6-12(9(2)5-11(8)15(18)19)21-7-13-10(14(16)17)3-4-20-13/h3-6H,7H2,1-2H3,(H,16,17). The van der Waals surface area contributed by atoms with Gasteiger partial charge < -0.3 is 14.3 Å². The maximum Gasteiger partial charge on any atom is 0.339 e. The highest BCUT2D eigenvalue weighted by Crippen LogP contribution is 2.28. The number of rotatable bonds is 5. The van der Waals surface area contributed by atoms with Gasteiger partial charge in [0.2, 0.25) is 0 Å². The van der Waals surface area contributed by atoms with Crippen LogP contribution in [-0.4, -0.2) is 16.0 Å². The number of carbonyl (C=O) groups is 1. The van der Waals surface area contributed by atoms with Gasteiger partial charge in [0, 0.05) is 11.6 Å². The van der Waals surface area contributed by atoms with Gasteiger partial charge in [-0.3, -0.25) is 10.1 Å². The molecule has 1 heterocycles. The molecular formula is C14H13NO6. The van der Waals surface area contributed by atoms with Gasteiger partial charge in [0.25, 0.3) is 5.69 Å². The van der Waals surface area contributed by atoms with E-state index < -0.39 is 10.9 Å². The van der Waals surface area contributed by atoms with Crippen LogP contribution in [0.25, 0.3) is 0 Å². The van der Waals surface area contributed by atoms with Crippen LogP contribution in [0.5, 0.6) is 5.75 Å². The number of aromatic carboxylic acids is 1. The van der Waals surface area contributed by atoms with Crippen molar-refractivity contribution in [1.82, 2.24) is 0 Å². The fourth-order valence-electron chi connectivity index (χ4n) is 1.91. The average Bonchev–Trinajstić information content (AvgIpc) is 2.87. The summed E-state index contributed by atoms with van der Waals surface area (Å²) >= 11 is 0. The lowest BCUT2D eigenvalue weighted by Crippen LogP contribution is -2.04. The number of nitro benzene ring substituents is 1. The highest BCUT2D eigenvalue weighted by Gasteiger charge is 2.17. The van der Waals surface area contributed by atoms with Crippen molar-refractivity contribution in [3.63, 3.8) is 0 Å². The number of aryl methyl sites for hydroxylation is 2. The Labute approximate surface area is 119 Å². The van der Waals surface area contributed by atoms with E-state index >= 15 is 0 Å². The maximum absolute atomic E-state index is 10.9. The van der Waals surface area contributed by atoms with E-state index in [1.807, 2.05) is 0 Å². The zero-order chi connectivity index (χ0) is 15.6. The normalized spacial score (nSPS) is 10.4. The van der Waals surface area contributed by atoms with Crippen LogP contribution < -0.4 is 4.74 Å². The first-order valence-electron chi connectivity index (χ1n) is 6.08. The van der Waals surface area contributed by atoms with Gasteiger partial charge in [-0.2, -0.15) is 0 Å². The predicted octanol–water partition coefficient (Wildman–Crippen LogP) is 3.08. The van der Waals surface area contributed by atoms with Crippen LogP contribution in [0.3, 0.4) is 0 Å². The summed E-state index contributed by atoms with van der Waals surface area (Å²) in [6.07, 6.45) is 1.27. The van der Waals surface area contributed by atoms with Crippen molar-refractivity contribution < 1.29 is 24.0 Å². The molecule has 0 spiro atoms. The number of carboxylic acid groups (broad SMARTS) is 1. The van der Waals surface area contributed by atoms with Gasteiger partial charge >= 0.3 is 5.97 Å². The number of carboxylic acids is 1. The summed E-state index contributed by atoms with van der Waals surface area (Å²) in [5, 5.41) is 19.8. The number of benzene rings is 1. The first-order chi connectivity index (χ1) is 9.90. The van der Waals surface area contributed by atoms with E-state index in [1.54, 1.807) is 19.9 Å². The number of ether oxygens (including phenoxy) is 1. The summed E-state index contributed by atoms with van der Waals surface area (Å²) in [7, 11) is 0. The summed E-state index contributed by atoms with van der Waals surface area (Å²) in [4.78, 5) is 21.3. The third kappa shape index (κ3) is 3.02. The lowest BCUT2D eigenvalue weighted by molar-refractivity contribution is -0.385. The highest BCUT2D eigenvalue weighted by atomic mass is 16.6. The molecular weight excluding hydrogens is 278 g/mol. The molecule has 7 nitrogen and oxygen atoms in total. The Bertz CT molecular complexity index is 703. The van der Waals surface area contributed by atoms with E-state index in [0.29, 0.717) is 16.9 Å². The van der Waals surface area contributed by atoms with Crippen LogP contribution in [0.15, 0.2) is 28.9 Å². The zero-order valence-corrected chi connectivity index (χ0v) is 11.5. The van der Waals surface area contributed by atoms with E-state index in [2.05, 4.69) is 0 Å². The minimum Gasteiger partial charge on any atom is -0.485 e. The fraction of sp³-hybridized carbons (Fsp3) is 0.214. The first kappa shape index (κ1) is 14.6. The summed E-state index contributed by atoms with van der Waals surface area (Å²) in [6.45, 7) is 3.23. The second-order valence-electron chi connectivity index (χ2n) is 4.51. The van der Waals surface area contributed by atoms with Crippen molar-refractivity contribution in [2.75, 3.05) is 0 Å². The van der Waals surface area contributed by atoms with Gasteiger partial charge in [0.1, 0.15) is 17.9 Å². The van der Waals surface area contributed by atoms with Gasteiger partial charge in [-0.25, -0.2) is 4.79 Å². The maximum atomic E-state index is 10.9. The third-order valence-corrected chi connectivity index (χ3v) is 3.02. The first-order valence-corrected chi connectivity index (χ1v) is 6.08. The van der Waals surface area contributed by atoms with Crippen molar-refractivity contribution in [2.24, 2.45) is 0 Å². The SMILES string of the molecule is Cc1cc([N+](=O)[O-])c(C)cc1OCc1occc1C(=O)O. The Morgan fingerprint density at radius 2 is 2.10 bits per heavy atom. The van der Waals surface area contributed by atoms with Gasteiger partial charge in [-0.05, 0) is 31.5 Å². The van der Waals surface area contributed by atoms with Crippen LogP contribution in [0.1, 0.15) is 27.2 Å². The molecule has 0 aliphatic rings. The number of furan rings is 1. The number of nitro groups is 1. The molecule has 0 aliphatic carbocycles. The van der Waals surface area contributed by atoms with Crippen LogP contribution in [-0.2, 0) is 6.61 Å². The van der Waals surface area contributed by atoms with Crippen molar-refractivity contribution in [3.8, 4) is 5.75 Å². The van der Waals surface area contributed by atoms with E-state index in [9.17, 15) is 14.9 Å². The molecule has 21 heavy (non-hydrogen) atoms. The number of hydrogen-bond acceptors (Lipinski definition) is 5. The van der Waals surface area contributed by atoms with E-state index in [0.717, 1.165) is 0 Å². The largest absolute Gasteiger partial charge is 0.485 e. The second kappa shape index (κ2) is 5.66. The van der Waals surface area contributed by atoms with Crippen LogP contribution >= 0.6 is 0 Å². The quantitative estimate of drug-likeness (QED) is 0.670. The van der Waals surface area contributed by atoms with Crippen molar-refractivity contribution in [3.05, 3.63) is 57.0 Å². The molecule has 1 aromatic heterocycles.